The van der Waals surface area contributed by atoms with Crippen LogP contribution in [0.1, 0.15) is 13.8 Å². The highest BCUT2D eigenvalue weighted by Gasteiger charge is 2.49. The second kappa shape index (κ2) is 5.97. The maximum Gasteiger partial charge on any atom is 0.377 e. The van der Waals surface area contributed by atoms with Crippen LogP contribution in [0, 0.1) is 5.92 Å². The maximum atomic E-state index is 13.1. The summed E-state index contributed by atoms with van der Waals surface area (Å²) in [6, 6.07) is 0. The van der Waals surface area contributed by atoms with Crippen molar-refractivity contribution in [3.8, 4) is 0 Å². The molecule has 0 aliphatic carbocycles. The van der Waals surface area contributed by atoms with Crippen molar-refractivity contribution in [1.29, 1.82) is 0 Å². The molecule has 0 aromatic carbocycles. The largest absolute Gasteiger partial charge is 0.477 e. The molecular weight excluding hydrogens is 210 g/mol. The molecule has 0 bridgehead atoms. The monoisotopic (exact) mass is 226 g/mol. The topological polar surface area (TPSA) is 55.8 Å². The molecule has 0 saturated heterocycles. The van der Waals surface area contributed by atoms with Gasteiger partial charge in [-0.05, 0) is 5.92 Å². The molecule has 1 N–H and O–H groups in total. The third kappa shape index (κ3) is 4.09. The first kappa shape index (κ1) is 14.2. The quantitative estimate of drug-likeness (QED) is 0.666. The molecule has 90 valence electrons. The van der Waals surface area contributed by atoms with Gasteiger partial charge in [-0.2, -0.15) is 8.78 Å². The van der Waals surface area contributed by atoms with E-state index in [2.05, 4.69) is 4.74 Å². The summed E-state index contributed by atoms with van der Waals surface area (Å²) in [5.74, 6) is -6.63. The van der Waals surface area contributed by atoms with Crippen LogP contribution in [0.15, 0.2) is 0 Å². The molecule has 0 amide bonds. The number of ether oxygens (including phenoxy) is 2. The van der Waals surface area contributed by atoms with Crippen LogP contribution >= 0.6 is 0 Å². The summed E-state index contributed by atoms with van der Waals surface area (Å²) in [6.45, 7) is 3.06. The normalized spacial score (nSPS) is 14.3. The number of hydrogen-bond donors (Lipinski definition) is 1. The molecule has 0 aromatic rings. The van der Waals surface area contributed by atoms with E-state index in [1.165, 1.54) is 21.0 Å². The Morgan fingerprint density at radius 3 is 2.27 bits per heavy atom. The van der Waals surface area contributed by atoms with E-state index in [1.807, 2.05) is 0 Å². The van der Waals surface area contributed by atoms with Gasteiger partial charge in [0.15, 0.2) is 0 Å². The summed E-state index contributed by atoms with van der Waals surface area (Å²) in [5, 5.41) is 8.36. The predicted molar refractivity (Wildman–Crippen MR) is 49.0 cm³/mol. The minimum atomic E-state index is -3.87. The van der Waals surface area contributed by atoms with Crippen LogP contribution in [0.3, 0.4) is 0 Å². The highest BCUT2D eigenvalue weighted by atomic mass is 19.3. The van der Waals surface area contributed by atoms with Gasteiger partial charge in [-0.25, -0.2) is 4.79 Å². The zero-order valence-electron chi connectivity index (χ0n) is 9.00. The number of methoxy groups -OCH3 is 1. The van der Waals surface area contributed by atoms with E-state index >= 15 is 0 Å². The zero-order chi connectivity index (χ0) is 12.1. The Morgan fingerprint density at radius 2 is 1.93 bits per heavy atom. The minimum Gasteiger partial charge on any atom is -0.477 e. The molecule has 0 radical (unpaired) electrons. The van der Waals surface area contributed by atoms with Crippen LogP contribution in [0.2, 0.25) is 0 Å². The van der Waals surface area contributed by atoms with Crippen molar-refractivity contribution in [2.75, 3.05) is 20.3 Å². The van der Waals surface area contributed by atoms with Crippen LogP contribution in [0.25, 0.3) is 0 Å². The van der Waals surface area contributed by atoms with Gasteiger partial charge in [-0.3, -0.25) is 0 Å². The summed E-state index contributed by atoms with van der Waals surface area (Å²) in [7, 11) is 1.41. The highest BCUT2D eigenvalue weighted by Crippen LogP contribution is 2.27. The van der Waals surface area contributed by atoms with Crippen LogP contribution in [0.4, 0.5) is 8.78 Å². The Labute approximate surface area is 87.2 Å². The number of carboxylic acid groups (broad SMARTS) is 1. The van der Waals surface area contributed by atoms with Gasteiger partial charge in [0.1, 0.15) is 6.10 Å². The van der Waals surface area contributed by atoms with E-state index in [-0.39, 0.29) is 13.2 Å². The third-order valence-corrected chi connectivity index (χ3v) is 1.83. The van der Waals surface area contributed by atoms with Crippen molar-refractivity contribution >= 4 is 5.97 Å². The molecule has 1 unspecified atom stereocenters. The van der Waals surface area contributed by atoms with Gasteiger partial charge >= 0.3 is 11.9 Å². The first-order valence-electron chi connectivity index (χ1n) is 4.55. The lowest BCUT2D eigenvalue weighted by atomic mass is 10.0. The van der Waals surface area contributed by atoms with Gasteiger partial charge in [0.2, 0.25) is 0 Å². The molecule has 0 aliphatic rings. The SMILES string of the molecule is COCCOC(C(C)C)C(F)(F)C(=O)O. The average Bonchev–Trinajstić information content (AvgIpc) is 2.11. The number of rotatable bonds is 7. The fourth-order valence-corrected chi connectivity index (χ4v) is 1.10. The molecule has 0 aromatic heterocycles. The van der Waals surface area contributed by atoms with Crippen LogP contribution < -0.4 is 0 Å². The first-order valence-corrected chi connectivity index (χ1v) is 4.55. The summed E-state index contributed by atoms with van der Waals surface area (Å²) >= 11 is 0. The summed E-state index contributed by atoms with van der Waals surface area (Å²) < 4.78 is 35.7. The van der Waals surface area contributed by atoms with Crippen molar-refractivity contribution in [2.24, 2.45) is 5.92 Å². The third-order valence-electron chi connectivity index (χ3n) is 1.83. The second-order valence-electron chi connectivity index (χ2n) is 3.46. The molecule has 6 heteroatoms. The number of aliphatic carboxylic acids is 1. The van der Waals surface area contributed by atoms with Gasteiger partial charge in [-0.1, -0.05) is 13.8 Å². The smallest absolute Gasteiger partial charge is 0.377 e. The number of hydrogen-bond acceptors (Lipinski definition) is 3. The molecule has 0 rings (SSSR count). The zero-order valence-corrected chi connectivity index (χ0v) is 9.00. The highest BCUT2D eigenvalue weighted by molar-refractivity contribution is 5.76. The Hall–Kier alpha value is -0.750. The van der Waals surface area contributed by atoms with Gasteiger partial charge in [0.05, 0.1) is 13.2 Å². The van der Waals surface area contributed by atoms with E-state index in [0.29, 0.717) is 0 Å². The predicted octanol–water partition coefficient (Wildman–Crippen LogP) is 1.39. The van der Waals surface area contributed by atoms with Gasteiger partial charge < -0.3 is 14.6 Å². The lowest BCUT2D eigenvalue weighted by Gasteiger charge is -2.26. The van der Waals surface area contributed by atoms with Crippen LogP contribution in [0.5, 0.6) is 0 Å². The molecular formula is C9H16F2O4. The lowest BCUT2D eigenvalue weighted by molar-refractivity contribution is -0.196. The van der Waals surface area contributed by atoms with Crippen molar-refractivity contribution < 1.29 is 28.2 Å². The molecule has 0 aliphatic heterocycles. The standard InChI is InChI=1S/C9H16F2O4/c1-6(2)7(15-5-4-14-3)9(10,11)8(12)13/h6-7H,4-5H2,1-3H3,(H,12,13). The molecule has 0 fully saturated rings. The average molecular weight is 226 g/mol. The Bertz CT molecular complexity index is 206. The fourth-order valence-electron chi connectivity index (χ4n) is 1.10. The number of carboxylic acids is 1. The summed E-state index contributed by atoms with van der Waals surface area (Å²) in [5.41, 5.74) is 0. The van der Waals surface area contributed by atoms with Gasteiger partial charge in [0, 0.05) is 7.11 Å². The Morgan fingerprint density at radius 1 is 1.40 bits per heavy atom. The van der Waals surface area contributed by atoms with Crippen molar-refractivity contribution in [1.82, 2.24) is 0 Å². The molecule has 0 heterocycles. The molecule has 0 spiro atoms. The van der Waals surface area contributed by atoms with Crippen LogP contribution in [-0.4, -0.2) is 43.4 Å². The van der Waals surface area contributed by atoms with Gasteiger partial charge in [0.25, 0.3) is 0 Å². The number of halogens is 2. The minimum absolute atomic E-state index is 0.0534. The van der Waals surface area contributed by atoms with Gasteiger partial charge in [-0.15, -0.1) is 0 Å². The fraction of sp³-hybridized carbons (Fsp3) is 0.889. The Balaban J connectivity index is 4.45. The summed E-state index contributed by atoms with van der Waals surface area (Å²) in [4.78, 5) is 10.3. The molecule has 4 nitrogen and oxygen atoms in total. The first-order chi connectivity index (χ1) is 6.84. The molecule has 1 atom stereocenters. The van der Waals surface area contributed by atoms with E-state index < -0.39 is 23.9 Å². The van der Waals surface area contributed by atoms with E-state index in [4.69, 9.17) is 9.84 Å². The van der Waals surface area contributed by atoms with Crippen molar-refractivity contribution in [3.63, 3.8) is 0 Å². The van der Waals surface area contributed by atoms with Crippen molar-refractivity contribution in [3.05, 3.63) is 0 Å². The van der Waals surface area contributed by atoms with E-state index in [9.17, 15) is 13.6 Å². The maximum absolute atomic E-state index is 13.1. The van der Waals surface area contributed by atoms with E-state index in [1.54, 1.807) is 0 Å². The molecule has 15 heavy (non-hydrogen) atoms. The summed E-state index contributed by atoms with van der Waals surface area (Å²) in [6.07, 6.45) is -1.63. The second-order valence-corrected chi connectivity index (χ2v) is 3.46. The number of carbonyl (C=O) groups is 1. The lowest BCUT2D eigenvalue weighted by Crippen LogP contribution is -2.46. The van der Waals surface area contributed by atoms with E-state index in [0.717, 1.165) is 0 Å². The van der Waals surface area contributed by atoms with Crippen LogP contribution in [-0.2, 0) is 14.3 Å². The Kier molecular flexibility index (Phi) is 5.67. The number of alkyl halides is 2. The van der Waals surface area contributed by atoms with Crippen molar-refractivity contribution in [2.45, 2.75) is 25.9 Å². The molecule has 0 saturated carbocycles.